The average molecular weight is 159 g/mol. The number of pyridine rings is 1. The molecule has 60 valence electrons. The van der Waals surface area contributed by atoms with Gasteiger partial charge in [0, 0.05) is 23.7 Å². The van der Waals surface area contributed by atoms with Crippen molar-refractivity contribution in [2.45, 2.75) is 12.8 Å². The number of H-pyrrole nitrogens is 1. The Balaban J connectivity index is 2.23. The molecule has 0 spiro atoms. The molecule has 12 heavy (non-hydrogen) atoms. The highest BCUT2D eigenvalue weighted by Gasteiger charge is 2.17. The zero-order valence-electron chi connectivity index (χ0n) is 6.63. The fourth-order valence-electron chi connectivity index (χ4n) is 0.935. The summed E-state index contributed by atoms with van der Waals surface area (Å²) in [4.78, 5) is 13.4. The van der Waals surface area contributed by atoms with Gasteiger partial charge in [-0.25, -0.2) is 0 Å². The van der Waals surface area contributed by atoms with Gasteiger partial charge in [0.05, 0.1) is 0 Å². The van der Waals surface area contributed by atoms with Crippen LogP contribution in [0.25, 0.3) is 0 Å². The Morgan fingerprint density at radius 1 is 1.50 bits per heavy atom. The largest absolute Gasteiger partial charge is 0.329 e. The van der Waals surface area contributed by atoms with E-state index in [4.69, 9.17) is 0 Å². The Morgan fingerprint density at radius 3 is 3.00 bits per heavy atom. The van der Waals surface area contributed by atoms with Gasteiger partial charge in [-0.2, -0.15) is 0 Å². The van der Waals surface area contributed by atoms with Crippen LogP contribution in [0.2, 0.25) is 0 Å². The molecule has 1 saturated carbocycles. The van der Waals surface area contributed by atoms with E-state index in [0.29, 0.717) is 5.92 Å². The lowest BCUT2D eigenvalue weighted by molar-refractivity contribution is 1.18. The molecule has 1 aliphatic rings. The van der Waals surface area contributed by atoms with Crippen molar-refractivity contribution in [3.05, 3.63) is 34.2 Å². The SMILES string of the molecule is O=c1cc(C#CC2CC2)cc[nH]1. The molecule has 1 N–H and O–H groups in total. The fraction of sp³-hybridized carbons (Fsp3) is 0.300. The maximum Gasteiger partial charge on any atom is 0.249 e. The van der Waals surface area contributed by atoms with E-state index in [2.05, 4.69) is 16.8 Å². The smallest absolute Gasteiger partial charge is 0.249 e. The zero-order chi connectivity index (χ0) is 8.39. The van der Waals surface area contributed by atoms with Crippen molar-refractivity contribution in [2.75, 3.05) is 0 Å². The quantitative estimate of drug-likeness (QED) is 0.566. The molecule has 1 fully saturated rings. The highest BCUT2D eigenvalue weighted by atomic mass is 16.1. The highest BCUT2D eigenvalue weighted by Crippen LogP contribution is 2.27. The predicted molar refractivity (Wildman–Crippen MR) is 46.7 cm³/mol. The molecule has 0 amide bonds. The molecule has 1 aliphatic carbocycles. The van der Waals surface area contributed by atoms with E-state index >= 15 is 0 Å². The molecule has 2 heteroatoms. The first-order valence-corrected chi connectivity index (χ1v) is 4.05. The van der Waals surface area contributed by atoms with Gasteiger partial charge in [0.1, 0.15) is 0 Å². The molecular formula is C10H9NO. The highest BCUT2D eigenvalue weighted by molar-refractivity contribution is 5.33. The van der Waals surface area contributed by atoms with Crippen LogP contribution < -0.4 is 5.56 Å². The van der Waals surface area contributed by atoms with Crippen molar-refractivity contribution >= 4 is 0 Å². The Kier molecular flexibility index (Phi) is 1.71. The summed E-state index contributed by atoms with van der Waals surface area (Å²) in [5.74, 6) is 6.66. The first-order valence-electron chi connectivity index (χ1n) is 4.05. The molecule has 0 aromatic carbocycles. The van der Waals surface area contributed by atoms with E-state index in [-0.39, 0.29) is 5.56 Å². The van der Waals surface area contributed by atoms with Gasteiger partial charge in [-0.15, -0.1) is 0 Å². The first-order chi connectivity index (χ1) is 5.84. The number of aromatic nitrogens is 1. The molecule has 2 nitrogen and oxygen atoms in total. The van der Waals surface area contributed by atoms with Crippen molar-refractivity contribution < 1.29 is 0 Å². The number of aromatic amines is 1. The summed E-state index contributed by atoms with van der Waals surface area (Å²) in [5, 5.41) is 0. The number of hydrogen-bond acceptors (Lipinski definition) is 1. The third-order valence-electron chi connectivity index (χ3n) is 1.77. The Labute approximate surface area is 70.6 Å². The summed E-state index contributed by atoms with van der Waals surface area (Å²) in [5.41, 5.74) is 0.725. The maximum atomic E-state index is 10.8. The minimum Gasteiger partial charge on any atom is -0.329 e. The number of nitrogens with one attached hydrogen (secondary N) is 1. The van der Waals surface area contributed by atoms with Crippen LogP contribution in [0.1, 0.15) is 18.4 Å². The number of rotatable bonds is 0. The Hall–Kier alpha value is -1.49. The van der Waals surface area contributed by atoms with E-state index in [0.717, 1.165) is 5.56 Å². The fourth-order valence-corrected chi connectivity index (χ4v) is 0.935. The standard InChI is InChI=1S/C10H9NO/c12-10-7-9(5-6-11-10)4-3-8-1-2-8/h5-8H,1-2H2,(H,11,12). The van der Waals surface area contributed by atoms with Crippen LogP contribution in [-0.4, -0.2) is 4.98 Å². The average Bonchev–Trinajstić information content (AvgIpc) is 2.84. The predicted octanol–water partition coefficient (Wildman–Crippen LogP) is 1.14. The van der Waals surface area contributed by atoms with Crippen molar-refractivity contribution in [3.8, 4) is 11.8 Å². The minimum atomic E-state index is -0.0856. The second-order valence-corrected chi connectivity index (χ2v) is 2.99. The van der Waals surface area contributed by atoms with Crippen LogP contribution >= 0.6 is 0 Å². The van der Waals surface area contributed by atoms with Gasteiger partial charge in [-0.3, -0.25) is 4.79 Å². The third-order valence-corrected chi connectivity index (χ3v) is 1.77. The van der Waals surface area contributed by atoms with E-state index in [1.54, 1.807) is 6.20 Å². The number of hydrogen-bond donors (Lipinski definition) is 1. The van der Waals surface area contributed by atoms with E-state index in [1.165, 1.54) is 18.9 Å². The summed E-state index contributed by atoms with van der Waals surface area (Å²) >= 11 is 0. The lowest BCUT2D eigenvalue weighted by Gasteiger charge is -1.85. The van der Waals surface area contributed by atoms with Crippen LogP contribution in [0.4, 0.5) is 0 Å². The molecule has 0 radical (unpaired) electrons. The molecule has 2 rings (SSSR count). The van der Waals surface area contributed by atoms with Crippen LogP contribution in [0.15, 0.2) is 23.1 Å². The van der Waals surface area contributed by atoms with Crippen molar-refractivity contribution in [1.29, 1.82) is 0 Å². The molecule has 0 atom stereocenters. The Morgan fingerprint density at radius 2 is 2.33 bits per heavy atom. The zero-order valence-corrected chi connectivity index (χ0v) is 6.63. The topological polar surface area (TPSA) is 32.9 Å². The monoisotopic (exact) mass is 159 g/mol. The molecule has 1 aromatic heterocycles. The van der Waals surface area contributed by atoms with Crippen LogP contribution in [0.5, 0.6) is 0 Å². The normalized spacial score (nSPS) is 15.0. The van der Waals surface area contributed by atoms with Gasteiger partial charge in [0.15, 0.2) is 0 Å². The van der Waals surface area contributed by atoms with E-state index < -0.39 is 0 Å². The Bertz CT molecular complexity index is 390. The molecule has 0 aliphatic heterocycles. The third kappa shape index (κ3) is 1.76. The lowest BCUT2D eigenvalue weighted by Crippen LogP contribution is -2.02. The van der Waals surface area contributed by atoms with E-state index in [9.17, 15) is 4.79 Å². The second-order valence-electron chi connectivity index (χ2n) is 2.99. The molecule has 0 saturated heterocycles. The second kappa shape index (κ2) is 2.86. The minimum absolute atomic E-state index is 0.0856. The molecule has 0 unspecified atom stereocenters. The van der Waals surface area contributed by atoms with E-state index in [1.807, 2.05) is 6.07 Å². The van der Waals surface area contributed by atoms with Crippen molar-refractivity contribution in [3.63, 3.8) is 0 Å². The van der Waals surface area contributed by atoms with Crippen molar-refractivity contribution in [1.82, 2.24) is 4.98 Å². The van der Waals surface area contributed by atoms with Gasteiger partial charge in [-0.1, -0.05) is 11.8 Å². The summed E-state index contributed by atoms with van der Waals surface area (Å²) in [6, 6.07) is 3.34. The summed E-state index contributed by atoms with van der Waals surface area (Å²) in [7, 11) is 0. The summed E-state index contributed by atoms with van der Waals surface area (Å²) in [6.07, 6.45) is 4.06. The van der Waals surface area contributed by atoms with Gasteiger partial charge in [0.2, 0.25) is 5.56 Å². The van der Waals surface area contributed by atoms with Gasteiger partial charge in [0.25, 0.3) is 0 Å². The summed E-state index contributed by atoms with van der Waals surface area (Å²) < 4.78 is 0. The lowest BCUT2D eigenvalue weighted by atomic mass is 10.2. The van der Waals surface area contributed by atoms with Gasteiger partial charge < -0.3 is 4.98 Å². The first kappa shape index (κ1) is 7.17. The van der Waals surface area contributed by atoms with Crippen LogP contribution in [-0.2, 0) is 0 Å². The molecule has 1 heterocycles. The van der Waals surface area contributed by atoms with Gasteiger partial charge in [-0.05, 0) is 18.9 Å². The van der Waals surface area contributed by atoms with Crippen LogP contribution in [0, 0.1) is 17.8 Å². The molecule has 0 bridgehead atoms. The van der Waals surface area contributed by atoms with Gasteiger partial charge >= 0.3 is 0 Å². The van der Waals surface area contributed by atoms with Crippen molar-refractivity contribution in [2.24, 2.45) is 5.92 Å². The van der Waals surface area contributed by atoms with Crippen LogP contribution in [0.3, 0.4) is 0 Å². The molecular weight excluding hydrogens is 150 g/mol. The maximum absolute atomic E-state index is 10.8. The molecule has 1 aromatic rings. The summed E-state index contributed by atoms with van der Waals surface area (Å²) in [6.45, 7) is 0.